The molecular formula is C16H19FN2. The number of halogens is 1. The van der Waals surface area contributed by atoms with E-state index < -0.39 is 0 Å². The van der Waals surface area contributed by atoms with E-state index in [4.69, 9.17) is 5.73 Å². The molecule has 2 aromatic carbocycles. The molecule has 3 N–H and O–H groups in total. The van der Waals surface area contributed by atoms with Gasteiger partial charge in [0.05, 0.1) is 5.69 Å². The van der Waals surface area contributed by atoms with Gasteiger partial charge in [-0.25, -0.2) is 4.39 Å². The Kier molecular flexibility index (Phi) is 3.74. The zero-order valence-electron chi connectivity index (χ0n) is 11.5. The van der Waals surface area contributed by atoms with Gasteiger partial charge >= 0.3 is 0 Å². The summed E-state index contributed by atoms with van der Waals surface area (Å²) in [6.07, 6.45) is 0. The predicted octanol–water partition coefficient (Wildman–Crippen LogP) is 3.95. The van der Waals surface area contributed by atoms with Crippen LogP contribution in [0.5, 0.6) is 0 Å². The number of nitrogens with two attached hydrogens (primary N) is 1. The van der Waals surface area contributed by atoms with Crippen LogP contribution in [0.1, 0.15) is 22.3 Å². The van der Waals surface area contributed by atoms with Gasteiger partial charge in [-0.15, -0.1) is 0 Å². The second kappa shape index (κ2) is 5.31. The molecule has 0 aromatic heterocycles. The van der Waals surface area contributed by atoms with E-state index in [1.807, 2.05) is 0 Å². The van der Waals surface area contributed by atoms with Crippen LogP contribution in [0.3, 0.4) is 0 Å². The minimum Gasteiger partial charge on any atom is -0.396 e. The summed E-state index contributed by atoms with van der Waals surface area (Å²) in [6, 6.07) is 9.13. The summed E-state index contributed by atoms with van der Waals surface area (Å²) < 4.78 is 13.3. The van der Waals surface area contributed by atoms with Gasteiger partial charge in [-0.3, -0.25) is 0 Å². The van der Waals surface area contributed by atoms with Crippen molar-refractivity contribution >= 4 is 11.4 Å². The van der Waals surface area contributed by atoms with Crippen LogP contribution in [0.4, 0.5) is 15.8 Å². The van der Waals surface area contributed by atoms with Crippen molar-refractivity contribution in [3.63, 3.8) is 0 Å². The molecule has 2 rings (SSSR count). The van der Waals surface area contributed by atoms with Crippen LogP contribution in [-0.4, -0.2) is 0 Å². The molecule has 2 aromatic rings. The van der Waals surface area contributed by atoms with Gasteiger partial charge < -0.3 is 11.1 Å². The fraction of sp³-hybridized carbons (Fsp3) is 0.250. The molecule has 2 nitrogen and oxygen atoms in total. The lowest BCUT2D eigenvalue weighted by molar-refractivity contribution is 0.633. The van der Waals surface area contributed by atoms with Crippen molar-refractivity contribution in [2.45, 2.75) is 27.3 Å². The highest BCUT2D eigenvalue weighted by molar-refractivity contribution is 5.53. The normalized spacial score (nSPS) is 10.5. The van der Waals surface area contributed by atoms with E-state index >= 15 is 0 Å². The van der Waals surface area contributed by atoms with Crippen LogP contribution in [-0.2, 0) is 6.54 Å². The Balaban J connectivity index is 2.14. The van der Waals surface area contributed by atoms with Gasteiger partial charge in [0.25, 0.3) is 0 Å². The number of anilines is 2. The summed E-state index contributed by atoms with van der Waals surface area (Å²) in [5.74, 6) is -0.387. The Labute approximate surface area is 113 Å². The molecule has 0 heterocycles. The van der Waals surface area contributed by atoms with Crippen molar-refractivity contribution in [3.8, 4) is 0 Å². The number of nitrogen functional groups attached to an aromatic ring is 1. The maximum Gasteiger partial charge on any atom is 0.148 e. The second-order valence-electron chi connectivity index (χ2n) is 4.95. The number of nitrogens with one attached hydrogen (secondary N) is 1. The lowest BCUT2D eigenvalue weighted by Crippen LogP contribution is -2.03. The monoisotopic (exact) mass is 258 g/mol. The third kappa shape index (κ3) is 3.05. The van der Waals surface area contributed by atoms with Crippen LogP contribution in [0, 0.1) is 26.6 Å². The van der Waals surface area contributed by atoms with Gasteiger partial charge in [0.1, 0.15) is 5.82 Å². The Morgan fingerprint density at radius 3 is 2.37 bits per heavy atom. The molecular weight excluding hydrogens is 239 g/mol. The van der Waals surface area contributed by atoms with Gasteiger partial charge in [-0.1, -0.05) is 12.1 Å². The summed E-state index contributed by atoms with van der Waals surface area (Å²) in [6.45, 7) is 6.97. The Morgan fingerprint density at radius 2 is 1.68 bits per heavy atom. The second-order valence-corrected chi connectivity index (χ2v) is 4.95. The summed E-state index contributed by atoms with van der Waals surface area (Å²) in [4.78, 5) is 0. The Bertz CT molecular complexity index is 606. The molecule has 0 unspecified atom stereocenters. The minimum atomic E-state index is -0.387. The molecule has 0 atom stereocenters. The van der Waals surface area contributed by atoms with Gasteiger partial charge in [-0.05, 0) is 61.2 Å². The van der Waals surface area contributed by atoms with E-state index in [9.17, 15) is 4.39 Å². The maximum absolute atomic E-state index is 13.3. The van der Waals surface area contributed by atoms with Crippen molar-refractivity contribution in [2.24, 2.45) is 0 Å². The van der Waals surface area contributed by atoms with E-state index in [0.29, 0.717) is 6.54 Å². The molecule has 0 aliphatic rings. The first-order valence-corrected chi connectivity index (χ1v) is 6.33. The topological polar surface area (TPSA) is 38.0 Å². The van der Waals surface area contributed by atoms with Crippen molar-refractivity contribution in [1.29, 1.82) is 0 Å². The first-order chi connectivity index (χ1) is 8.97. The van der Waals surface area contributed by atoms with Crippen molar-refractivity contribution in [1.82, 2.24) is 0 Å². The van der Waals surface area contributed by atoms with Gasteiger partial charge in [0.2, 0.25) is 0 Å². The first kappa shape index (κ1) is 13.4. The minimum absolute atomic E-state index is 0.174. The third-order valence-corrected chi connectivity index (χ3v) is 3.44. The lowest BCUT2D eigenvalue weighted by Gasteiger charge is -2.12. The molecule has 0 spiro atoms. The van der Waals surface area contributed by atoms with Crippen LogP contribution in [0.25, 0.3) is 0 Å². The molecule has 100 valence electrons. The number of hydrogen-bond donors (Lipinski definition) is 2. The van der Waals surface area contributed by atoms with Crippen LogP contribution in [0.2, 0.25) is 0 Å². The fourth-order valence-electron chi connectivity index (χ4n) is 2.05. The molecule has 0 fully saturated rings. The van der Waals surface area contributed by atoms with Crippen molar-refractivity contribution in [3.05, 3.63) is 58.4 Å². The summed E-state index contributed by atoms with van der Waals surface area (Å²) in [7, 11) is 0. The quantitative estimate of drug-likeness (QED) is 0.818. The van der Waals surface area contributed by atoms with Crippen LogP contribution < -0.4 is 11.1 Å². The fourth-order valence-corrected chi connectivity index (χ4v) is 2.05. The van der Waals surface area contributed by atoms with Gasteiger partial charge in [0, 0.05) is 12.2 Å². The first-order valence-electron chi connectivity index (χ1n) is 6.33. The number of rotatable bonds is 3. The Morgan fingerprint density at radius 1 is 1.00 bits per heavy atom. The SMILES string of the molecule is Cc1cc(C)c(CNc2ccc(N)c(F)c2)cc1C. The lowest BCUT2D eigenvalue weighted by atomic mass is 10.0. The molecule has 3 heteroatoms. The van der Waals surface area contributed by atoms with Crippen LogP contribution >= 0.6 is 0 Å². The average molecular weight is 258 g/mol. The maximum atomic E-state index is 13.3. The average Bonchev–Trinajstić information content (AvgIpc) is 2.36. The number of benzene rings is 2. The zero-order valence-corrected chi connectivity index (χ0v) is 11.5. The smallest absolute Gasteiger partial charge is 0.148 e. The highest BCUT2D eigenvalue weighted by Crippen LogP contribution is 2.19. The molecule has 0 bridgehead atoms. The van der Waals surface area contributed by atoms with E-state index in [0.717, 1.165) is 5.69 Å². The molecule has 0 saturated carbocycles. The van der Waals surface area contributed by atoms with E-state index in [-0.39, 0.29) is 11.5 Å². The molecule has 0 radical (unpaired) electrons. The van der Waals surface area contributed by atoms with Gasteiger partial charge in [-0.2, -0.15) is 0 Å². The zero-order chi connectivity index (χ0) is 14.0. The molecule has 0 amide bonds. The summed E-state index contributed by atoms with van der Waals surface area (Å²) in [5.41, 5.74) is 11.4. The number of hydrogen-bond acceptors (Lipinski definition) is 2. The van der Waals surface area contributed by atoms with E-state index in [2.05, 4.69) is 38.2 Å². The molecule has 0 aliphatic carbocycles. The van der Waals surface area contributed by atoms with E-state index in [1.54, 1.807) is 12.1 Å². The summed E-state index contributed by atoms with van der Waals surface area (Å²) >= 11 is 0. The Hall–Kier alpha value is -2.03. The largest absolute Gasteiger partial charge is 0.396 e. The molecule has 0 aliphatic heterocycles. The predicted molar refractivity (Wildman–Crippen MR) is 78.8 cm³/mol. The highest BCUT2D eigenvalue weighted by atomic mass is 19.1. The molecule has 19 heavy (non-hydrogen) atoms. The van der Waals surface area contributed by atoms with Crippen molar-refractivity contribution in [2.75, 3.05) is 11.1 Å². The number of aryl methyl sites for hydroxylation is 3. The van der Waals surface area contributed by atoms with Gasteiger partial charge in [0.15, 0.2) is 0 Å². The van der Waals surface area contributed by atoms with E-state index in [1.165, 1.54) is 28.3 Å². The third-order valence-electron chi connectivity index (χ3n) is 3.44. The van der Waals surface area contributed by atoms with Crippen molar-refractivity contribution < 1.29 is 4.39 Å². The molecule has 0 saturated heterocycles. The highest BCUT2D eigenvalue weighted by Gasteiger charge is 2.03. The summed E-state index contributed by atoms with van der Waals surface area (Å²) in [5, 5.41) is 3.22. The standard InChI is InChI=1S/C16H19FN2/c1-10-6-12(3)13(7-11(10)2)9-19-14-4-5-16(18)15(17)8-14/h4-8,19H,9,18H2,1-3H3. The van der Waals surface area contributed by atoms with Crippen LogP contribution in [0.15, 0.2) is 30.3 Å².